The van der Waals surface area contributed by atoms with E-state index in [-0.39, 0.29) is 18.5 Å². The molecule has 0 aliphatic heterocycles. The van der Waals surface area contributed by atoms with Crippen LogP contribution in [0.25, 0.3) is 0 Å². The van der Waals surface area contributed by atoms with Crippen molar-refractivity contribution in [1.29, 1.82) is 0 Å². The summed E-state index contributed by atoms with van der Waals surface area (Å²) in [5.74, 6) is -0.0165. The molecule has 0 rings (SSSR count). The van der Waals surface area contributed by atoms with Crippen LogP contribution in [0.4, 0.5) is 0 Å². The molecule has 0 fully saturated rings. The zero-order chi connectivity index (χ0) is 52.9. The van der Waals surface area contributed by atoms with Crippen molar-refractivity contribution in [2.75, 3.05) is 13.2 Å². The second-order valence-corrected chi connectivity index (χ2v) is 23.2. The van der Waals surface area contributed by atoms with Crippen LogP contribution < -0.4 is 5.32 Å². The van der Waals surface area contributed by atoms with Crippen molar-refractivity contribution in [2.45, 2.75) is 392 Å². The summed E-state index contributed by atoms with van der Waals surface area (Å²) in [7, 11) is 0. The van der Waals surface area contributed by atoms with E-state index in [4.69, 9.17) is 4.74 Å². The van der Waals surface area contributed by atoms with Crippen molar-refractivity contribution in [3.05, 3.63) is 12.2 Å². The molecule has 0 heterocycles. The van der Waals surface area contributed by atoms with Crippen molar-refractivity contribution in [2.24, 2.45) is 0 Å². The van der Waals surface area contributed by atoms with Crippen LogP contribution in [-0.4, -0.2) is 47.4 Å². The van der Waals surface area contributed by atoms with E-state index < -0.39 is 12.1 Å². The lowest BCUT2D eigenvalue weighted by atomic mass is 10.0. The summed E-state index contributed by atoms with van der Waals surface area (Å²) >= 11 is 0. The molecule has 6 nitrogen and oxygen atoms in total. The SMILES string of the molecule is CCCCCCCCCCCCCCCCCCCC(O)C(CO)NC(=O)CCCCCCCCCCCC/C=C\CCCCCCCCCCCCCCOC(=O)CCCCCCCCCCCCCCC. The van der Waals surface area contributed by atoms with Gasteiger partial charge in [-0.05, 0) is 51.4 Å². The molecule has 0 aromatic rings. The summed E-state index contributed by atoms with van der Waals surface area (Å²) in [5, 5.41) is 23.3. The third-order valence-corrected chi connectivity index (χ3v) is 15.8. The maximum atomic E-state index is 12.5. The minimum Gasteiger partial charge on any atom is -0.466 e. The maximum Gasteiger partial charge on any atom is 0.305 e. The molecule has 0 aromatic carbocycles. The van der Waals surface area contributed by atoms with E-state index in [2.05, 4.69) is 31.3 Å². The molecule has 2 atom stereocenters. The predicted molar refractivity (Wildman–Crippen MR) is 320 cm³/mol. The summed E-state index contributed by atoms with van der Waals surface area (Å²) in [6.45, 7) is 4.99. The van der Waals surface area contributed by atoms with Crippen LogP contribution in [0, 0.1) is 0 Å². The first kappa shape index (κ1) is 71.6. The second kappa shape index (κ2) is 63.1. The van der Waals surface area contributed by atoms with Gasteiger partial charge in [-0.15, -0.1) is 0 Å². The highest BCUT2D eigenvalue weighted by atomic mass is 16.5. The highest BCUT2D eigenvalue weighted by Gasteiger charge is 2.20. The molecule has 0 bridgehead atoms. The van der Waals surface area contributed by atoms with Gasteiger partial charge in [0.1, 0.15) is 0 Å². The quantitative estimate of drug-likeness (QED) is 0.0320. The number of carbonyl (C=O) groups is 2. The summed E-state index contributed by atoms with van der Waals surface area (Å²) in [6, 6.07) is -0.542. The fourth-order valence-corrected chi connectivity index (χ4v) is 10.7. The number of aliphatic hydroxyl groups is 2. The number of ether oxygens (including phenoxy) is 1. The van der Waals surface area contributed by atoms with E-state index in [0.717, 1.165) is 38.5 Å². The van der Waals surface area contributed by atoms with Crippen LogP contribution in [0.3, 0.4) is 0 Å². The number of carbonyl (C=O) groups excluding carboxylic acids is 2. The van der Waals surface area contributed by atoms with E-state index in [0.29, 0.717) is 25.9 Å². The number of unbranched alkanes of at least 4 members (excludes halogenated alkanes) is 50. The van der Waals surface area contributed by atoms with Crippen molar-refractivity contribution in [3.8, 4) is 0 Å². The Labute approximate surface area is 457 Å². The average Bonchev–Trinajstić information content (AvgIpc) is 3.39. The number of hydrogen-bond acceptors (Lipinski definition) is 5. The van der Waals surface area contributed by atoms with Crippen LogP contribution in [0.2, 0.25) is 0 Å². The van der Waals surface area contributed by atoms with Gasteiger partial charge >= 0.3 is 5.97 Å². The standard InChI is InChI=1S/C67H131NO5/c1-3-5-7-9-11-13-15-17-18-29-32-36-39-43-47-51-55-59-65(70)64(63-69)68-66(71)60-56-52-48-44-40-37-33-30-27-25-23-21-19-20-22-24-26-28-31-34-38-42-46-50-54-58-62-73-67(72)61-57-53-49-45-41-35-16-14-12-10-8-6-4-2/h19,21,64-65,69-70H,3-18,20,22-63H2,1-2H3,(H,68,71)/b21-19-. The number of aliphatic hydroxyl groups excluding tert-OH is 2. The molecule has 2 unspecified atom stereocenters. The number of nitrogens with one attached hydrogen (secondary N) is 1. The van der Waals surface area contributed by atoms with Gasteiger partial charge in [-0.25, -0.2) is 0 Å². The van der Waals surface area contributed by atoms with E-state index in [1.165, 1.54) is 308 Å². The van der Waals surface area contributed by atoms with Gasteiger partial charge in [0.2, 0.25) is 5.91 Å². The Balaban J connectivity index is 3.38. The fourth-order valence-electron chi connectivity index (χ4n) is 10.7. The molecule has 0 radical (unpaired) electrons. The largest absolute Gasteiger partial charge is 0.466 e. The topological polar surface area (TPSA) is 95.9 Å². The molecule has 0 aromatic heterocycles. The zero-order valence-corrected chi connectivity index (χ0v) is 49.6. The first-order chi connectivity index (χ1) is 36.0. The van der Waals surface area contributed by atoms with Crippen molar-refractivity contribution in [1.82, 2.24) is 5.32 Å². The van der Waals surface area contributed by atoms with Gasteiger partial charge < -0.3 is 20.3 Å². The number of allylic oxidation sites excluding steroid dienone is 2. The Bertz CT molecular complexity index is 1100. The van der Waals surface area contributed by atoms with Gasteiger partial charge in [0, 0.05) is 12.8 Å². The molecule has 0 aliphatic rings. The highest BCUT2D eigenvalue weighted by Crippen LogP contribution is 2.19. The summed E-state index contributed by atoms with van der Waals surface area (Å²) in [4.78, 5) is 24.6. The maximum absolute atomic E-state index is 12.5. The molecule has 434 valence electrons. The van der Waals surface area contributed by atoms with Crippen molar-refractivity contribution < 1.29 is 24.5 Å². The first-order valence-corrected chi connectivity index (χ1v) is 33.4. The van der Waals surface area contributed by atoms with E-state index in [9.17, 15) is 19.8 Å². The Morgan fingerprint density at radius 2 is 0.644 bits per heavy atom. The summed E-state index contributed by atoms with van der Waals surface area (Å²) < 4.78 is 5.48. The van der Waals surface area contributed by atoms with Gasteiger partial charge in [0.05, 0.1) is 25.4 Å². The van der Waals surface area contributed by atoms with Crippen LogP contribution in [0.15, 0.2) is 12.2 Å². The van der Waals surface area contributed by atoms with E-state index in [1.807, 2.05) is 0 Å². The minimum atomic E-state index is -0.665. The Morgan fingerprint density at radius 3 is 0.973 bits per heavy atom. The highest BCUT2D eigenvalue weighted by molar-refractivity contribution is 5.76. The number of esters is 1. The van der Waals surface area contributed by atoms with Gasteiger partial charge in [0.15, 0.2) is 0 Å². The predicted octanol–water partition coefficient (Wildman–Crippen LogP) is 21.2. The van der Waals surface area contributed by atoms with Gasteiger partial charge in [-0.3, -0.25) is 9.59 Å². The fraction of sp³-hybridized carbons (Fsp3) is 0.940. The molecule has 0 saturated heterocycles. The monoisotopic (exact) mass is 1030 g/mol. The molecule has 0 aliphatic carbocycles. The van der Waals surface area contributed by atoms with E-state index in [1.54, 1.807) is 0 Å². The zero-order valence-electron chi connectivity index (χ0n) is 49.6. The average molecular weight is 1030 g/mol. The van der Waals surface area contributed by atoms with Crippen LogP contribution >= 0.6 is 0 Å². The molecular weight excluding hydrogens is 899 g/mol. The molecule has 0 spiro atoms. The smallest absolute Gasteiger partial charge is 0.305 e. The Morgan fingerprint density at radius 1 is 0.370 bits per heavy atom. The summed E-state index contributed by atoms with van der Waals surface area (Å²) in [6.07, 6.45) is 76.7. The van der Waals surface area contributed by atoms with Gasteiger partial charge in [-0.2, -0.15) is 0 Å². The lowest BCUT2D eigenvalue weighted by Gasteiger charge is -2.22. The van der Waals surface area contributed by atoms with Gasteiger partial charge in [0.25, 0.3) is 0 Å². The first-order valence-electron chi connectivity index (χ1n) is 33.4. The summed E-state index contributed by atoms with van der Waals surface area (Å²) in [5.41, 5.74) is 0. The Hall–Kier alpha value is -1.40. The normalized spacial score (nSPS) is 12.5. The third kappa shape index (κ3) is 59.7. The molecule has 1 amide bonds. The molecule has 73 heavy (non-hydrogen) atoms. The number of hydrogen-bond donors (Lipinski definition) is 3. The number of rotatable bonds is 63. The minimum absolute atomic E-state index is 0.0167. The van der Waals surface area contributed by atoms with Crippen molar-refractivity contribution in [3.63, 3.8) is 0 Å². The second-order valence-electron chi connectivity index (χ2n) is 23.2. The van der Waals surface area contributed by atoms with Gasteiger partial charge in [-0.1, -0.05) is 328 Å². The van der Waals surface area contributed by atoms with Crippen LogP contribution in [0.5, 0.6) is 0 Å². The molecular formula is C67H131NO5. The third-order valence-electron chi connectivity index (χ3n) is 15.8. The van der Waals surface area contributed by atoms with Crippen LogP contribution in [0.1, 0.15) is 380 Å². The van der Waals surface area contributed by atoms with Crippen LogP contribution in [-0.2, 0) is 14.3 Å². The van der Waals surface area contributed by atoms with E-state index >= 15 is 0 Å². The lowest BCUT2D eigenvalue weighted by Crippen LogP contribution is -2.45. The van der Waals surface area contributed by atoms with Crippen molar-refractivity contribution >= 4 is 11.9 Å². The molecule has 0 saturated carbocycles. The molecule has 6 heteroatoms. The molecule has 3 N–H and O–H groups in total. The number of amides is 1. The Kier molecular flexibility index (Phi) is 61.9. The lowest BCUT2D eigenvalue weighted by molar-refractivity contribution is -0.143.